The molecule has 1 fully saturated rings. The standard InChI is InChI=1S/C16H19N3O2S/c1-10-3-7-13(8-4-10)22-11(2)15(20)17-9-14-18-16(21-19-14)12-5-6-12/h3-4,7-8,11-12H,5-6,9H2,1-2H3,(H,17,20)/t11-/m0/s1. The monoisotopic (exact) mass is 317 g/mol. The van der Waals surface area contributed by atoms with E-state index in [9.17, 15) is 4.79 Å². The predicted molar refractivity (Wildman–Crippen MR) is 84.6 cm³/mol. The minimum atomic E-state index is -0.169. The molecule has 1 amide bonds. The van der Waals surface area contributed by atoms with Crippen LogP contribution in [-0.2, 0) is 11.3 Å². The van der Waals surface area contributed by atoms with Crippen LogP contribution in [0.25, 0.3) is 0 Å². The fraction of sp³-hybridized carbons (Fsp3) is 0.438. The van der Waals surface area contributed by atoms with Gasteiger partial charge in [0.15, 0.2) is 5.82 Å². The smallest absolute Gasteiger partial charge is 0.233 e. The maximum absolute atomic E-state index is 12.1. The quantitative estimate of drug-likeness (QED) is 0.829. The molecule has 116 valence electrons. The van der Waals surface area contributed by atoms with E-state index in [-0.39, 0.29) is 11.2 Å². The summed E-state index contributed by atoms with van der Waals surface area (Å²) in [5.74, 6) is 1.66. The molecule has 1 aromatic carbocycles. The first kappa shape index (κ1) is 15.1. The van der Waals surface area contributed by atoms with E-state index in [1.54, 1.807) is 0 Å². The van der Waals surface area contributed by atoms with Crippen LogP contribution in [-0.4, -0.2) is 21.3 Å². The van der Waals surface area contributed by atoms with Crippen LogP contribution in [0.2, 0.25) is 0 Å². The lowest BCUT2D eigenvalue weighted by Gasteiger charge is -2.11. The van der Waals surface area contributed by atoms with E-state index < -0.39 is 0 Å². The van der Waals surface area contributed by atoms with Gasteiger partial charge in [0.1, 0.15) is 0 Å². The second kappa shape index (κ2) is 6.52. The summed E-state index contributed by atoms with van der Waals surface area (Å²) >= 11 is 1.54. The fourth-order valence-corrected chi connectivity index (χ4v) is 2.91. The lowest BCUT2D eigenvalue weighted by Crippen LogP contribution is -2.30. The SMILES string of the molecule is Cc1ccc(S[C@@H](C)C(=O)NCc2noc(C3CC3)n2)cc1. The van der Waals surface area contributed by atoms with Crippen molar-refractivity contribution in [3.8, 4) is 0 Å². The number of rotatable bonds is 6. The first-order valence-electron chi connectivity index (χ1n) is 7.45. The van der Waals surface area contributed by atoms with Gasteiger partial charge in [-0.3, -0.25) is 4.79 Å². The number of hydrogen-bond acceptors (Lipinski definition) is 5. The van der Waals surface area contributed by atoms with Gasteiger partial charge in [-0.1, -0.05) is 22.9 Å². The van der Waals surface area contributed by atoms with E-state index in [0.717, 1.165) is 17.7 Å². The molecule has 0 spiro atoms. The molecule has 1 aromatic heterocycles. The Bertz CT molecular complexity index is 650. The van der Waals surface area contributed by atoms with Crippen molar-refractivity contribution in [2.24, 2.45) is 0 Å². The van der Waals surface area contributed by atoms with Crippen molar-refractivity contribution >= 4 is 17.7 Å². The number of benzene rings is 1. The Morgan fingerprint density at radius 3 is 2.82 bits per heavy atom. The van der Waals surface area contributed by atoms with Gasteiger partial charge in [-0.25, -0.2) is 0 Å². The molecule has 0 unspecified atom stereocenters. The molecule has 2 aromatic rings. The summed E-state index contributed by atoms with van der Waals surface area (Å²) in [7, 11) is 0. The lowest BCUT2D eigenvalue weighted by molar-refractivity contribution is -0.120. The first-order chi connectivity index (χ1) is 10.6. The van der Waals surface area contributed by atoms with Crippen LogP contribution in [0.5, 0.6) is 0 Å². The summed E-state index contributed by atoms with van der Waals surface area (Å²) in [6.07, 6.45) is 2.25. The Morgan fingerprint density at radius 1 is 1.41 bits per heavy atom. The Balaban J connectivity index is 1.48. The zero-order valence-electron chi connectivity index (χ0n) is 12.7. The van der Waals surface area contributed by atoms with Gasteiger partial charge in [-0.15, -0.1) is 11.8 Å². The molecule has 22 heavy (non-hydrogen) atoms. The topological polar surface area (TPSA) is 68.0 Å². The third-order valence-electron chi connectivity index (χ3n) is 3.53. The normalized spacial score (nSPS) is 15.5. The van der Waals surface area contributed by atoms with E-state index in [0.29, 0.717) is 24.2 Å². The number of nitrogens with one attached hydrogen (secondary N) is 1. The minimum Gasteiger partial charge on any atom is -0.348 e. The third kappa shape index (κ3) is 3.88. The number of aryl methyl sites for hydroxylation is 1. The van der Waals surface area contributed by atoms with Crippen molar-refractivity contribution < 1.29 is 9.32 Å². The Hall–Kier alpha value is -1.82. The molecule has 1 saturated carbocycles. The van der Waals surface area contributed by atoms with Crippen LogP contribution >= 0.6 is 11.8 Å². The van der Waals surface area contributed by atoms with Crippen LogP contribution in [0.3, 0.4) is 0 Å². The summed E-state index contributed by atoms with van der Waals surface area (Å²) in [6.45, 7) is 4.25. The van der Waals surface area contributed by atoms with Crippen molar-refractivity contribution in [3.05, 3.63) is 41.5 Å². The van der Waals surface area contributed by atoms with Crippen LogP contribution in [0, 0.1) is 6.92 Å². The second-order valence-corrected chi connectivity index (χ2v) is 7.03. The first-order valence-corrected chi connectivity index (χ1v) is 8.33. The van der Waals surface area contributed by atoms with Gasteiger partial charge in [0, 0.05) is 10.8 Å². The average Bonchev–Trinajstić information content (AvgIpc) is 3.26. The number of nitrogens with zero attached hydrogens (tertiary/aromatic N) is 2. The molecular formula is C16H19N3O2S. The van der Waals surface area contributed by atoms with Crippen molar-refractivity contribution in [2.75, 3.05) is 0 Å². The molecule has 0 aliphatic heterocycles. The van der Waals surface area contributed by atoms with Gasteiger partial charge in [-0.2, -0.15) is 4.98 Å². The summed E-state index contributed by atoms with van der Waals surface area (Å²) in [4.78, 5) is 17.5. The zero-order chi connectivity index (χ0) is 15.5. The van der Waals surface area contributed by atoms with Gasteiger partial charge in [0.25, 0.3) is 0 Å². The molecule has 1 heterocycles. The van der Waals surface area contributed by atoms with Gasteiger partial charge in [0.05, 0.1) is 11.8 Å². The Morgan fingerprint density at radius 2 is 2.14 bits per heavy atom. The highest BCUT2D eigenvalue weighted by Crippen LogP contribution is 2.38. The molecule has 0 radical (unpaired) electrons. The molecule has 1 atom stereocenters. The van der Waals surface area contributed by atoms with Crippen LogP contribution < -0.4 is 5.32 Å². The summed E-state index contributed by atoms with van der Waals surface area (Å²) in [5.41, 5.74) is 1.21. The number of aromatic nitrogens is 2. The third-order valence-corrected chi connectivity index (χ3v) is 4.65. The Labute approximate surface area is 133 Å². The van der Waals surface area contributed by atoms with Gasteiger partial charge >= 0.3 is 0 Å². The van der Waals surface area contributed by atoms with Crippen molar-refractivity contribution in [2.45, 2.75) is 49.3 Å². The Kier molecular flexibility index (Phi) is 4.47. The number of thioether (sulfide) groups is 1. The molecule has 1 aliphatic carbocycles. The van der Waals surface area contributed by atoms with Gasteiger partial charge in [0.2, 0.25) is 11.8 Å². The molecule has 0 bridgehead atoms. The van der Waals surface area contributed by atoms with E-state index in [1.165, 1.54) is 17.3 Å². The van der Waals surface area contributed by atoms with Crippen molar-refractivity contribution in [1.29, 1.82) is 0 Å². The molecule has 0 saturated heterocycles. The molecular weight excluding hydrogens is 298 g/mol. The largest absolute Gasteiger partial charge is 0.348 e. The highest BCUT2D eigenvalue weighted by atomic mass is 32.2. The fourth-order valence-electron chi connectivity index (χ4n) is 2.02. The highest BCUT2D eigenvalue weighted by molar-refractivity contribution is 8.00. The molecule has 3 rings (SSSR count). The lowest BCUT2D eigenvalue weighted by atomic mass is 10.2. The molecule has 6 heteroatoms. The number of carbonyl (C=O) groups is 1. The van der Waals surface area contributed by atoms with Crippen LogP contribution in [0.4, 0.5) is 0 Å². The van der Waals surface area contributed by atoms with E-state index in [1.807, 2.05) is 38.1 Å². The van der Waals surface area contributed by atoms with E-state index in [2.05, 4.69) is 15.5 Å². The van der Waals surface area contributed by atoms with E-state index >= 15 is 0 Å². The van der Waals surface area contributed by atoms with E-state index in [4.69, 9.17) is 4.52 Å². The second-order valence-electron chi connectivity index (χ2n) is 5.61. The maximum atomic E-state index is 12.1. The molecule has 1 aliphatic rings. The number of hydrogen-bond donors (Lipinski definition) is 1. The van der Waals surface area contributed by atoms with Gasteiger partial charge < -0.3 is 9.84 Å². The van der Waals surface area contributed by atoms with Crippen molar-refractivity contribution in [1.82, 2.24) is 15.5 Å². The maximum Gasteiger partial charge on any atom is 0.233 e. The molecule has 5 nitrogen and oxygen atoms in total. The van der Waals surface area contributed by atoms with Crippen LogP contribution in [0.1, 0.15) is 43.0 Å². The average molecular weight is 317 g/mol. The highest BCUT2D eigenvalue weighted by Gasteiger charge is 2.29. The summed E-state index contributed by atoms with van der Waals surface area (Å²) in [5, 5.41) is 6.58. The van der Waals surface area contributed by atoms with Crippen LogP contribution in [0.15, 0.2) is 33.7 Å². The minimum absolute atomic E-state index is 0.0247. The van der Waals surface area contributed by atoms with Crippen molar-refractivity contribution in [3.63, 3.8) is 0 Å². The summed E-state index contributed by atoms with van der Waals surface area (Å²) in [6, 6.07) is 8.16. The number of amides is 1. The summed E-state index contributed by atoms with van der Waals surface area (Å²) < 4.78 is 5.17. The predicted octanol–water partition coefficient (Wildman–Crippen LogP) is 3.05. The molecule has 1 N–H and O–H groups in total. The zero-order valence-corrected chi connectivity index (χ0v) is 13.5. The van der Waals surface area contributed by atoms with Gasteiger partial charge in [-0.05, 0) is 38.8 Å². The number of carbonyl (C=O) groups excluding carboxylic acids is 1.